The van der Waals surface area contributed by atoms with Gasteiger partial charge in [-0.2, -0.15) is 0 Å². The molecule has 0 saturated heterocycles. The second-order valence-electron chi connectivity index (χ2n) is 40.3. The Hall–Kier alpha value is -9.86. The zero-order valence-corrected chi connectivity index (χ0v) is 86.9. The molecule has 44 heteroatoms. The number of carbonyl (C=O) groups is 18. The maximum atomic E-state index is 14.9. The standard InChI is InChI=1S/C96H184N26O18/c1-56(2)46-64(103)82(126)108-66(33-20-26-40-98)84(128)110-67(34-21-27-41-99)85(129)115-75(51-61(11)12)93(137)117-72(48-58(5)6)90(134)112-69(36-23-29-43-101)87(131)116-76(52-62(13)14)94(138)118-73(49-59(7)8)92(136)113-70(37-24-30-44-102)88(132)121-78(54-79(104)123)96(140)120-77(53-63(15)16)95(139)119-74(50-60(9)10)91(135)111-68(35-22-28-42-100)86(130)114-71(47-57(3)4)89(133)109-65(32-19-25-39-97)83(127)107-55-81(125)106-45-31-17-18-38-80(124)122-105/h56-78H,17-55,97-103,105H2,1-16H3,(H2,104,123)(H,106,125)(H,107,127)(H,108,126)(H,109,133)(H,110,128)(H,111,135)(H,112,134)(H,113,136)(H,114,130)(H,115,129)(H,116,131)(H,117,137)(H,118,138)(H,119,139)(H,120,140)(H,121,132)(H,122,124)/t64-,65-,66-,67-,68-,69-,70-,71-,72-,73-,74-,75-,76-,77-,78-/m0/s1. The summed E-state index contributed by atoms with van der Waals surface area (Å²) in [5.74, 6) is -10.2. The van der Waals surface area contributed by atoms with Gasteiger partial charge in [-0.25, -0.2) is 5.84 Å². The maximum absolute atomic E-state index is 14.9. The van der Waals surface area contributed by atoms with E-state index in [2.05, 4.69) is 90.5 Å². The number of unbranched alkanes of at least 4 members (excludes halogenated alkanes) is 8. The summed E-state index contributed by atoms with van der Waals surface area (Å²) >= 11 is 0. The molecule has 18 amide bonds. The van der Waals surface area contributed by atoms with Crippen LogP contribution in [0.5, 0.6) is 0 Å². The summed E-state index contributed by atoms with van der Waals surface area (Å²) in [6, 6.07) is -19.6. The lowest BCUT2D eigenvalue weighted by Gasteiger charge is -2.30. The van der Waals surface area contributed by atoms with Gasteiger partial charge in [0.2, 0.25) is 106 Å². The quantitative estimate of drug-likeness (QED) is 0.0149. The van der Waals surface area contributed by atoms with Gasteiger partial charge in [0.25, 0.3) is 0 Å². The minimum atomic E-state index is -1.79. The molecule has 0 aliphatic carbocycles. The van der Waals surface area contributed by atoms with E-state index >= 15 is 0 Å². The third kappa shape index (κ3) is 58.5. The Kier molecular flexibility index (Phi) is 68.9. The molecule has 0 fully saturated rings. The van der Waals surface area contributed by atoms with Crippen LogP contribution in [0, 0.1) is 47.3 Å². The minimum absolute atomic E-state index is 0.00308. The van der Waals surface area contributed by atoms with Crippen LogP contribution in [0.15, 0.2) is 0 Å². The molecule has 0 aromatic carbocycles. The Bertz CT molecular complexity index is 3750. The molecular weight excluding hydrogens is 1810 g/mol. The molecule has 0 aliphatic rings. The van der Waals surface area contributed by atoms with E-state index in [0.717, 1.165) is 0 Å². The van der Waals surface area contributed by atoms with Crippen molar-refractivity contribution in [3.8, 4) is 0 Å². The number of hydrogen-bond acceptors (Lipinski definition) is 26. The van der Waals surface area contributed by atoms with Crippen LogP contribution in [-0.4, -0.2) is 249 Å². The van der Waals surface area contributed by atoms with Crippen LogP contribution in [-0.2, 0) is 86.3 Å². The number of hydrogen-bond donors (Lipinski definition) is 26. The van der Waals surface area contributed by atoms with Crippen molar-refractivity contribution in [2.75, 3.05) is 52.4 Å². The Morgan fingerprint density at radius 1 is 0.214 bits per heavy atom. The summed E-state index contributed by atoms with van der Waals surface area (Å²) in [5.41, 5.74) is 49.2. The van der Waals surface area contributed by atoms with E-state index in [1.165, 1.54) is 0 Å². The van der Waals surface area contributed by atoms with Crippen molar-refractivity contribution in [2.45, 2.75) is 400 Å². The number of rotatable bonds is 79. The molecule has 0 unspecified atom stereocenters. The van der Waals surface area contributed by atoms with Crippen LogP contribution in [0.1, 0.15) is 310 Å². The van der Waals surface area contributed by atoms with E-state index < -0.39 is 204 Å². The molecular formula is C96H184N26O18. The lowest BCUT2D eigenvalue weighted by molar-refractivity contribution is -0.137. The molecule has 0 rings (SSSR count). The average Bonchev–Trinajstić information content (AvgIpc) is 0.850. The van der Waals surface area contributed by atoms with Crippen LogP contribution < -0.4 is 142 Å². The molecule has 0 aliphatic heterocycles. The fraction of sp³-hybridized carbons (Fsp3) is 0.812. The van der Waals surface area contributed by atoms with Crippen LogP contribution in [0.25, 0.3) is 0 Å². The highest BCUT2D eigenvalue weighted by molar-refractivity contribution is 6.01. The van der Waals surface area contributed by atoms with Gasteiger partial charge in [-0.1, -0.05) is 117 Å². The molecule has 44 nitrogen and oxygen atoms in total. The van der Waals surface area contributed by atoms with Crippen LogP contribution >= 0.6 is 0 Å². The van der Waals surface area contributed by atoms with Crippen LogP contribution in [0.2, 0.25) is 0 Å². The zero-order valence-electron chi connectivity index (χ0n) is 86.9. The van der Waals surface area contributed by atoms with Gasteiger partial charge < -0.3 is 131 Å². The molecule has 0 aromatic heterocycles. The predicted molar refractivity (Wildman–Crippen MR) is 539 cm³/mol. The molecule has 0 radical (unpaired) electrons. The fourth-order valence-electron chi connectivity index (χ4n) is 15.6. The third-order valence-corrected chi connectivity index (χ3v) is 22.9. The van der Waals surface area contributed by atoms with Gasteiger partial charge in [-0.15, -0.1) is 0 Å². The van der Waals surface area contributed by atoms with E-state index in [4.69, 9.17) is 51.7 Å². The normalized spacial score (nSPS) is 14.7. The Morgan fingerprint density at radius 2 is 0.414 bits per heavy atom. The van der Waals surface area contributed by atoms with Crippen molar-refractivity contribution in [1.29, 1.82) is 0 Å². The van der Waals surface area contributed by atoms with E-state index in [1.54, 1.807) is 55.4 Å². The number of nitrogens with one attached hydrogen (secondary N) is 17. The summed E-state index contributed by atoms with van der Waals surface area (Å²) in [6.07, 6.45) is 6.93. The van der Waals surface area contributed by atoms with E-state index in [1.807, 2.05) is 55.4 Å². The van der Waals surface area contributed by atoms with Gasteiger partial charge >= 0.3 is 0 Å². The molecule has 0 saturated carbocycles. The topological polar surface area (TPSA) is 746 Å². The molecule has 806 valence electrons. The largest absolute Gasteiger partial charge is 0.370 e. The summed E-state index contributed by atoms with van der Waals surface area (Å²) in [4.78, 5) is 255. The summed E-state index contributed by atoms with van der Waals surface area (Å²) in [5, 5.41) is 43.9. The second-order valence-corrected chi connectivity index (χ2v) is 40.3. The summed E-state index contributed by atoms with van der Waals surface area (Å²) in [6.45, 7) is 30.4. The monoisotopic (exact) mass is 1990 g/mol. The average molecular weight is 1990 g/mol. The van der Waals surface area contributed by atoms with Gasteiger partial charge in [-0.05, 0) is 266 Å². The number of primary amides is 1. The van der Waals surface area contributed by atoms with Crippen molar-refractivity contribution in [1.82, 2.24) is 90.5 Å². The van der Waals surface area contributed by atoms with E-state index in [0.29, 0.717) is 109 Å². The highest BCUT2D eigenvalue weighted by atomic mass is 16.2. The minimum Gasteiger partial charge on any atom is -0.370 e. The lowest BCUT2D eigenvalue weighted by Crippen LogP contribution is -2.61. The molecule has 0 aromatic rings. The zero-order chi connectivity index (χ0) is 106. The number of amides is 18. The number of carbonyl (C=O) groups excluding carboxylic acids is 18. The molecule has 15 atom stereocenters. The Morgan fingerprint density at radius 3 is 0.629 bits per heavy atom. The second kappa shape index (κ2) is 74.1. The third-order valence-electron chi connectivity index (χ3n) is 22.9. The van der Waals surface area contributed by atoms with E-state index in [9.17, 15) is 86.3 Å². The molecule has 0 bridgehead atoms. The lowest BCUT2D eigenvalue weighted by atomic mass is 9.98. The summed E-state index contributed by atoms with van der Waals surface area (Å²) < 4.78 is 0. The highest BCUT2D eigenvalue weighted by Gasteiger charge is 2.40. The maximum Gasteiger partial charge on any atom is 0.243 e. The predicted octanol–water partition coefficient (Wildman–Crippen LogP) is -1.10. The van der Waals surface area contributed by atoms with Crippen molar-refractivity contribution in [3.05, 3.63) is 0 Å². The van der Waals surface area contributed by atoms with Crippen LogP contribution in [0.3, 0.4) is 0 Å². The molecule has 0 spiro atoms. The number of hydrazine groups is 1. The SMILES string of the molecule is CC(C)C[C@H](NC(=O)[C@H](CCCCN)NC(=O)[C@H](CC(C)C)NC(=O)[C@H](CC(C)C)NC(=O)[C@H](CC(N)=O)NC(=O)[C@H](CCCCN)NC(=O)[C@H](CC(C)C)NC(=O)[C@H](CC(C)C)NC(=O)[C@H](CCCCN)NC(=O)[C@H](CC(C)C)NC(=O)[C@H](CC(C)C)NC(=O)[C@H](CCCCN)NC(=O)[C@H](CCCCN)NC(=O)[C@@H](N)CC(C)C)C(=O)N[C@@H](CCCCN)C(=O)NCC(=O)NCCCCCC(=O)NN. The molecule has 35 N–H and O–H groups in total. The van der Waals surface area contributed by atoms with Gasteiger partial charge in [-0.3, -0.25) is 91.7 Å². The first kappa shape index (κ1) is 130. The van der Waals surface area contributed by atoms with E-state index in [-0.39, 0.29) is 182 Å². The number of nitrogens with two attached hydrogens (primary N) is 9. The highest BCUT2D eigenvalue weighted by Crippen LogP contribution is 2.20. The smallest absolute Gasteiger partial charge is 0.243 e. The first-order chi connectivity index (χ1) is 66.0. The van der Waals surface area contributed by atoms with Crippen molar-refractivity contribution in [3.63, 3.8) is 0 Å². The molecule has 0 heterocycles. The fourth-order valence-corrected chi connectivity index (χ4v) is 15.6. The first-order valence-corrected chi connectivity index (χ1v) is 51.1. The van der Waals surface area contributed by atoms with Crippen LogP contribution in [0.4, 0.5) is 0 Å². The van der Waals surface area contributed by atoms with Gasteiger partial charge in [0.05, 0.1) is 19.0 Å². The first-order valence-electron chi connectivity index (χ1n) is 51.1. The summed E-state index contributed by atoms with van der Waals surface area (Å²) in [7, 11) is 0. The van der Waals surface area contributed by atoms with Gasteiger partial charge in [0, 0.05) is 13.0 Å². The van der Waals surface area contributed by atoms with Crippen molar-refractivity contribution >= 4 is 106 Å². The molecule has 140 heavy (non-hydrogen) atoms. The Labute approximate surface area is 831 Å². The Balaban J connectivity index is 7.38. The van der Waals surface area contributed by atoms with Crippen molar-refractivity contribution in [2.24, 2.45) is 99.1 Å². The van der Waals surface area contributed by atoms with Crippen molar-refractivity contribution < 1.29 is 86.3 Å². The van der Waals surface area contributed by atoms with Gasteiger partial charge in [0.15, 0.2) is 0 Å². The van der Waals surface area contributed by atoms with Gasteiger partial charge in [0.1, 0.15) is 84.6 Å².